The van der Waals surface area contributed by atoms with Gasteiger partial charge in [0.05, 0.1) is 5.69 Å². The van der Waals surface area contributed by atoms with E-state index < -0.39 is 0 Å². The summed E-state index contributed by atoms with van der Waals surface area (Å²) in [5, 5.41) is 0. The van der Waals surface area contributed by atoms with Crippen LogP contribution >= 0.6 is 0 Å². The molecule has 0 fully saturated rings. The number of hydrogen-bond acceptors (Lipinski definition) is 1. The molecule has 5 N–H and O–H groups in total. The minimum absolute atomic E-state index is 0.757. The molecule has 1 aromatic carbocycles. The van der Waals surface area contributed by atoms with Gasteiger partial charge in [-0.15, -0.1) is 0 Å². The number of quaternary nitrogens is 1. The Balaban J connectivity index is 3.13. The summed E-state index contributed by atoms with van der Waals surface area (Å²) in [7, 11) is 0. The average molecular weight is 109 g/mol. The summed E-state index contributed by atoms with van der Waals surface area (Å²) >= 11 is 0. The molecule has 0 bridgehead atoms. The topological polar surface area (TPSA) is 53.7 Å². The second-order valence-corrected chi connectivity index (χ2v) is 1.70. The smallest absolute Gasteiger partial charge is 0.151 e. The average Bonchev–Trinajstić information content (AvgIpc) is 1.77. The predicted octanol–water partition coefficient (Wildman–Crippen LogP) is 0.142. The fourth-order valence-corrected chi connectivity index (χ4v) is 0.534. The van der Waals surface area contributed by atoms with Gasteiger partial charge < -0.3 is 11.5 Å². The monoisotopic (exact) mass is 109 g/mol. The summed E-state index contributed by atoms with van der Waals surface area (Å²) in [6.45, 7) is 0. The molecule has 2 heteroatoms. The van der Waals surface area contributed by atoms with Gasteiger partial charge >= 0.3 is 0 Å². The van der Waals surface area contributed by atoms with Crippen molar-refractivity contribution in [2.75, 3.05) is 5.73 Å². The van der Waals surface area contributed by atoms with E-state index in [1.807, 2.05) is 24.3 Å². The van der Waals surface area contributed by atoms with E-state index in [2.05, 4.69) is 5.73 Å². The van der Waals surface area contributed by atoms with Crippen LogP contribution in [-0.2, 0) is 0 Å². The zero-order valence-electron chi connectivity index (χ0n) is 4.59. The van der Waals surface area contributed by atoms with Gasteiger partial charge in [-0.1, -0.05) is 12.1 Å². The third-order valence-electron chi connectivity index (χ3n) is 1.06. The van der Waals surface area contributed by atoms with Gasteiger partial charge in [0.2, 0.25) is 0 Å². The molecule has 8 heavy (non-hydrogen) atoms. The SMILES string of the molecule is Nc1ccccc1[NH3+]. The van der Waals surface area contributed by atoms with Crippen molar-refractivity contribution in [3.8, 4) is 0 Å². The number of hydrogen-bond donors (Lipinski definition) is 2. The molecule has 0 radical (unpaired) electrons. The van der Waals surface area contributed by atoms with Gasteiger partial charge in [0.25, 0.3) is 0 Å². The first-order valence-corrected chi connectivity index (χ1v) is 2.47. The molecular formula is C6H9N2+. The van der Waals surface area contributed by atoms with E-state index in [1.165, 1.54) is 0 Å². The van der Waals surface area contributed by atoms with E-state index in [9.17, 15) is 0 Å². The Morgan fingerprint density at radius 3 is 2.25 bits per heavy atom. The van der Waals surface area contributed by atoms with Crippen molar-refractivity contribution < 1.29 is 5.73 Å². The summed E-state index contributed by atoms with van der Waals surface area (Å²) in [5.74, 6) is 0. The summed E-state index contributed by atoms with van der Waals surface area (Å²) in [6.07, 6.45) is 0. The van der Waals surface area contributed by atoms with Crippen molar-refractivity contribution in [1.29, 1.82) is 0 Å². The van der Waals surface area contributed by atoms with Crippen LogP contribution in [0.5, 0.6) is 0 Å². The van der Waals surface area contributed by atoms with Crippen LogP contribution in [0.2, 0.25) is 0 Å². The number of para-hydroxylation sites is 1. The van der Waals surface area contributed by atoms with E-state index >= 15 is 0 Å². The number of nitrogen functional groups attached to an aromatic ring is 1. The lowest BCUT2D eigenvalue weighted by Gasteiger charge is -1.89. The van der Waals surface area contributed by atoms with Crippen LogP contribution in [0, 0.1) is 0 Å². The number of benzene rings is 1. The van der Waals surface area contributed by atoms with Crippen LogP contribution in [0.1, 0.15) is 0 Å². The van der Waals surface area contributed by atoms with Crippen LogP contribution in [0.15, 0.2) is 24.3 Å². The lowest BCUT2D eigenvalue weighted by molar-refractivity contribution is -0.253. The Hall–Kier alpha value is -1.02. The van der Waals surface area contributed by atoms with Crippen molar-refractivity contribution in [2.24, 2.45) is 0 Å². The Bertz CT molecular complexity index is 163. The van der Waals surface area contributed by atoms with Crippen molar-refractivity contribution >= 4 is 11.4 Å². The molecule has 0 saturated carbocycles. The molecule has 0 aliphatic heterocycles. The molecule has 0 aliphatic carbocycles. The fourth-order valence-electron chi connectivity index (χ4n) is 0.534. The second kappa shape index (κ2) is 1.84. The largest absolute Gasteiger partial charge is 0.394 e. The molecule has 0 unspecified atom stereocenters. The Labute approximate surface area is 48.1 Å². The maximum absolute atomic E-state index is 5.46. The van der Waals surface area contributed by atoms with Crippen LogP contribution in [0.25, 0.3) is 0 Å². The highest BCUT2D eigenvalue weighted by Crippen LogP contribution is 2.08. The molecule has 2 nitrogen and oxygen atoms in total. The van der Waals surface area contributed by atoms with Crippen molar-refractivity contribution in [1.82, 2.24) is 0 Å². The number of rotatable bonds is 0. The number of nitrogens with two attached hydrogens (primary N) is 1. The minimum atomic E-state index is 0.757. The lowest BCUT2D eigenvalue weighted by atomic mass is 10.3. The van der Waals surface area contributed by atoms with E-state index in [1.54, 1.807) is 0 Å². The summed E-state index contributed by atoms with van der Waals surface area (Å²) < 4.78 is 0. The van der Waals surface area contributed by atoms with Crippen LogP contribution in [-0.4, -0.2) is 0 Å². The van der Waals surface area contributed by atoms with Crippen molar-refractivity contribution in [3.05, 3.63) is 24.3 Å². The third-order valence-corrected chi connectivity index (χ3v) is 1.06. The summed E-state index contributed by atoms with van der Waals surface area (Å²) in [4.78, 5) is 0. The molecule has 0 aromatic heterocycles. The Morgan fingerprint density at radius 2 is 1.88 bits per heavy atom. The predicted molar refractivity (Wildman–Crippen MR) is 33.4 cm³/mol. The maximum Gasteiger partial charge on any atom is 0.151 e. The van der Waals surface area contributed by atoms with Crippen LogP contribution < -0.4 is 11.5 Å². The van der Waals surface area contributed by atoms with Gasteiger partial charge in [-0.2, -0.15) is 0 Å². The zero-order chi connectivity index (χ0) is 5.98. The standard InChI is InChI=1S/C6H8N2/c7-5-3-1-2-4-6(5)8/h1-4H,7-8H2/p+1. The van der Waals surface area contributed by atoms with E-state index in [-0.39, 0.29) is 0 Å². The van der Waals surface area contributed by atoms with E-state index in [0.717, 1.165) is 11.4 Å². The highest BCUT2D eigenvalue weighted by molar-refractivity contribution is 5.55. The van der Waals surface area contributed by atoms with Gasteiger partial charge in [0.15, 0.2) is 5.69 Å². The second-order valence-electron chi connectivity index (χ2n) is 1.70. The first-order chi connectivity index (χ1) is 3.80. The molecular weight excluding hydrogens is 100 g/mol. The third kappa shape index (κ3) is 0.792. The Morgan fingerprint density at radius 1 is 1.25 bits per heavy atom. The van der Waals surface area contributed by atoms with Crippen molar-refractivity contribution in [3.63, 3.8) is 0 Å². The fraction of sp³-hybridized carbons (Fsp3) is 0. The molecule has 0 spiro atoms. The lowest BCUT2D eigenvalue weighted by Crippen LogP contribution is -2.40. The summed E-state index contributed by atoms with van der Waals surface area (Å²) in [5.41, 5.74) is 10.8. The minimum Gasteiger partial charge on any atom is -0.394 e. The highest BCUT2D eigenvalue weighted by Gasteiger charge is 1.89. The van der Waals surface area contributed by atoms with Gasteiger partial charge in [0, 0.05) is 6.07 Å². The Kier molecular flexibility index (Phi) is 1.18. The molecule has 0 heterocycles. The first kappa shape index (κ1) is 5.12. The van der Waals surface area contributed by atoms with Gasteiger partial charge in [-0.25, -0.2) is 0 Å². The normalized spacial score (nSPS) is 9.12. The number of anilines is 1. The van der Waals surface area contributed by atoms with Crippen molar-refractivity contribution in [2.45, 2.75) is 0 Å². The molecule has 0 saturated heterocycles. The van der Waals surface area contributed by atoms with Gasteiger partial charge in [-0.05, 0) is 6.07 Å². The van der Waals surface area contributed by atoms with E-state index in [0.29, 0.717) is 0 Å². The van der Waals surface area contributed by atoms with Crippen LogP contribution in [0.4, 0.5) is 11.4 Å². The molecule has 0 amide bonds. The quantitative estimate of drug-likeness (QED) is 0.457. The van der Waals surface area contributed by atoms with Gasteiger partial charge in [0.1, 0.15) is 0 Å². The zero-order valence-corrected chi connectivity index (χ0v) is 4.59. The summed E-state index contributed by atoms with van der Waals surface area (Å²) in [6, 6.07) is 7.53. The van der Waals surface area contributed by atoms with Crippen LogP contribution in [0.3, 0.4) is 0 Å². The van der Waals surface area contributed by atoms with Gasteiger partial charge in [-0.3, -0.25) is 0 Å². The first-order valence-electron chi connectivity index (χ1n) is 2.47. The molecule has 0 atom stereocenters. The molecule has 42 valence electrons. The highest BCUT2D eigenvalue weighted by atomic mass is 14.7. The molecule has 1 aromatic rings. The van der Waals surface area contributed by atoms with E-state index in [4.69, 9.17) is 5.73 Å². The molecule has 0 aliphatic rings. The molecule has 1 rings (SSSR count). The maximum atomic E-state index is 5.46.